The summed E-state index contributed by atoms with van der Waals surface area (Å²) in [6.07, 6.45) is 6.75. The Morgan fingerprint density at radius 2 is 1.96 bits per heavy atom. The van der Waals surface area contributed by atoms with Crippen LogP contribution in [0.25, 0.3) is 10.2 Å². The van der Waals surface area contributed by atoms with Gasteiger partial charge in [-0.3, -0.25) is 0 Å². The van der Waals surface area contributed by atoms with Gasteiger partial charge in [-0.15, -0.1) is 11.3 Å². The molecule has 1 aliphatic rings. The monoisotopic (exact) mass is 405 g/mol. The molecule has 0 spiro atoms. The fourth-order valence-electron chi connectivity index (χ4n) is 3.05. The normalized spacial score (nSPS) is 17.5. The predicted octanol–water partition coefficient (Wildman–Crippen LogP) is 5.68. The molecule has 1 unspecified atom stereocenters. The third kappa shape index (κ3) is 2.98. The van der Waals surface area contributed by atoms with E-state index in [2.05, 4.69) is 4.98 Å². The molecular formula is C19H13ClFNO2S2. The number of nitrogens with zero attached hydrogens (tertiary/aromatic N) is 1. The van der Waals surface area contributed by atoms with Crippen LogP contribution >= 0.6 is 22.9 Å². The molecular weight excluding hydrogens is 393 g/mol. The predicted molar refractivity (Wildman–Crippen MR) is 102 cm³/mol. The minimum absolute atomic E-state index is 0.158. The van der Waals surface area contributed by atoms with Crippen LogP contribution in [-0.4, -0.2) is 13.4 Å². The van der Waals surface area contributed by atoms with Crippen LogP contribution in [0.4, 0.5) is 4.39 Å². The summed E-state index contributed by atoms with van der Waals surface area (Å²) in [6, 6.07) is 9.65. The minimum atomic E-state index is -3.77. The maximum Gasteiger partial charge on any atom is 0.216 e. The van der Waals surface area contributed by atoms with Crippen molar-refractivity contribution in [2.24, 2.45) is 0 Å². The van der Waals surface area contributed by atoms with Crippen LogP contribution in [-0.2, 0) is 9.84 Å². The van der Waals surface area contributed by atoms with Crippen molar-refractivity contribution in [2.45, 2.75) is 21.4 Å². The summed E-state index contributed by atoms with van der Waals surface area (Å²) in [5.41, 5.74) is 0.604. The molecule has 0 saturated heterocycles. The fourth-order valence-corrected chi connectivity index (χ4v) is 6.34. The molecule has 0 saturated carbocycles. The highest BCUT2D eigenvalue weighted by atomic mass is 35.5. The lowest BCUT2D eigenvalue weighted by molar-refractivity contribution is 0.595. The molecule has 4 rings (SSSR count). The standard InChI is InChI=1S/C19H13ClFNO2S2/c20-13-6-8-15(9-7-13)26(23,24)19-17(12-3-1-4-14(21)11-12)16-5-2-10-22-18(16)25-19/h1-2,4-12H,3H2. The molecule has 132 valence electrons. The van der Waals surface area contributed by atoms with Gasteiger partial charge in [0.1, 0.15) is 14.9 Å². The molecule has 0 bridgehead atoms. The summed E-state index contributed by atoms with van der Waals surface area (Å²) < 4.78 is 40.6. The highest BCUT2D eigenvalue weighted by Gasteiger charge is 2.30. The highest BCUT2D eigenvalue weighted by molar-refractivity contribution is 7.93. The topological polar surface area (TPSA) is 47.0 Å². The van der Waals surface area contributed by atoms with E-state index in [1.807, 2.05) is 6.07 Å². The number of fused-ring (bicyclic) bond motifs is 1. The van der Waals surface area contributed by atoms with Gasteiger partial charge in [-0.25, -0.2) is 17.8 Å². The minimum Gasteiger partial charge on any atom is -0.245 e. The van der Waals surface area contributed by atoms with E-state index in [-0.39, 0.29) is 20.8 Å². The second-order valence-electron chi connectivity index (χ2n) is 5.91. The van der Waals surface area contributed by atoms with Crippen molar-refractivity contribution in [3.63, 3.8) is 0 Å². The van der Waals surface area contributed by atoms with E-state index in [0.717, 1.165) is 16.7 Å². The zero-order valence-corrected chi connectivity index (χ0v) is 15.8. The van der Waals surface area contributed by atoms with Gasteiger partial charge >= 0.3 is 0 Å². The maximum atomic E-state index is 13.8. The van der Waals surface area contributed by atoms with Crippen molar-refractivity contribution >= 4 is 43.0 Å². The van der Waals surface area contributed by atoms with Gasteiger partial charge in [-0.1, -0.05) is 23.7 Å². The third-order valence-electron chi connectivity index (χ3n) is 4.24. The van der Waals surface area contributed by atoms with Gasteiger partial charge in [0.05, 0.1) is 4.90 Å². The summed E-state index contributed by atoms with van der Waals surface area (Å²) in [6.45, 7) is 0. The van der Waals surface area contributed by atoms with Gasteiger partial charge in [0, 0.05) is 22.5 Å². The van der Waals surface area contributed by atoms with Crippen LogP contribution in [0, 0.1) is 0 Å². The molecule has 1 aromatic carbocycles. The summed E-state index contributed by atoms with van der Waals surface area (Å²) >= 11 is 7.00. The first-order valence-electron chi connectivity index (χ1n) is 7.89. The first kappa shape index (κ1) is 17.4. The number of allylic oxidation sites excluding steroid dienone is 4. The van der Waals surface area contributed by atoms with Crippen LogP contribution in [0.3, 0.4) is 0 Å². The zero-order valence-electron chi connectivity index (χ0n) is 13.4. The molecule has 0 N–H and O–H groups in total. The number of rotatable bonds is 3. The van der Waals surface area contributed by atoms with E-state index >= 15 is 0 Å². The maximum absolute atomic E-state index is 13.8. The van der Waals surface area contributed by atoms with Crippen LogP contribution in [0.1, 0.15) is 17.9 Å². The first-order valence-corrected chi connectivity index (χ1v) is 10.6. The Labute approximate surface area is 159 Å². The molecule has 0 aliphatic heterocycles. The Balaban J connectivity index is 1.96. The number of sulfone groups is 1. The molecule has 2 heterocycles. The van der Waals surface area contributed by atoms with E-state index in [9.17, 15) is 12.8 Å². The van der Waals surface area contributed by atoms with Gasteiger partial charge in [-0.2, -0.15) is 0 Å². The molecule has 0 radical (unpaired) electrons. The summed E-state index contributed by atoms with van der Waals surface area (Å²) in [5.74, 6) is -0.714. The first-order chi connectivity index (χ1) is 12.5. The average Bonchev–Trinajstić information content (AvgIpc) is 3.02. The average molecular weight is 406 g/mol. The largest absolute Gasteiger partial charge is 0.245 e. The number of pyridine rings is 1. The molecule has 26 heavy (non-hydrogen) atoms. The lowest BCUT2D eigenvalue weighted by Gasteiger charge is -2.16. The highest BCUT2D eigenvalue weighted by Crippen LogP contribution is 2.43. The van der Waals surface area contributed by atoms with Gasteiger partial charge < -0.3 is 0 Å². The van der Waals surface area contributed by atoms with E-state index in [1.54, 1.807) is 30.5 Å². The van der Waals surface area contributed by atoms with Gasteiger partial charge in [0.25, 0.3) is 0 Å². The second kappa shape index (κ2) is 6.61. The number of thiophene rings is 1. The van der Waals surface area contributed by atoms with Crippen LogP contribution in [0.5, 0.6) is 0 Å². The SMILES string of the molecule is O=S(=O)(c1ccc(Cl)cc1)c1sc2ncccc2c1C1C=C(F)C=CC1. The summed E-state index contributed by atoms with van der Waals surface area (Å²) in [5, 5.41) is 1.21. The van der Waals surface area contributed by atoms with Crippen LogP contribution in [0.15, 0.2) is 75.8 Å². The number of benzene rings is 1. The van der Waals surface area contributed by atoms with E-state index in [0.29, 0.717) is 21.8 Å². The molecule has 2 aromatic heterocycles. The molecule has 7 heteroatoms. The summed E-state index contributed by atoms with van der Waals surface area (Å²) in [4.78, 5) is 5.08. The Hall–Kier alpha value is -2.02. The second-order valence-corrected chi connectivity index (χ2v) is 9.49. The van der Waals surface area contributed by atoms with Crippen molar-refractivity contribution in [1.29, 1.82) is 0 Å². The molecule has 3 aromatic rings. The van der Waals surface area contributed by atoms with E-state index in [4.69, 9.17) is 11.6 Å². The number of hydrogen-bond acceptors (Lipinski definition) is 4. The lowest BCUT2D eigenvalue weighted by Crippen LogP contribution is -2.06. The molecule has 1 aliphatic carbocycles. The van der Waals surface area contributed by atoms with Crippen molar-refractivity contribution < 1.29 is 12.8 Å². The third-order valence-corrected chi connectivity index (χ3v) is 7.92. The van der Waals surface area contributed by atoms with Gasteiger partial charge in [-0.05, 0) is 54.5 Å². The van der Waals surface area contributed by atoms with Crippen molar-refractivity contribution in [1.82, 2.24) is 4.98 Å². The van der Waals surface area contributed by atoms with E-state index in [1.165, 1.54) is 24.3 Å². The zero-order chi connectivity index (χ0) is 18.3. The van der Waals surface area contributed by atoms with Crippen molar-refractivity contribution in [3.8, 4) is 0 Å². The Bertz CT molecular complexity index is 1150. The molecule has 0 amide bonds. The smallest absolute Gasteiger partial charge is 0.216 e. The molecule has 3 nitrogen and oxygen atoms in total. The Morgan fingerprint density at radius 1 is 1.19 bits per heavy atom. The van der Waals surface area contributed by atoms with Gasteiger partial charge in [0.15, 0.2) is 0 Å². The Morgan fingerprint density at radius 3 is 2.69 bits per heavy atom. The summed E-state index contributed by atoms with van der Waals surface area (Å²) in [7, 11) is -3.77. The van der Waals surface area contributed by atoms with E-state index < -0.39 is 9.84 Å². The number of hydrogen-bond donors (Lipinski definition) is 0. The quantitative estimate of drug-likeness (QED) is 0.563. The molecule has 1 atom stereocenters. The molecule has 0 fully saturated rings. The lowest BCUT2D eigenvalue weighted by atomic mass is 9.92. The fraction of sp³-hybridized carbons (Fsp3) is 0.105. The number of aromatic nitrogens is 1. The Kier molecular flexibility index (Phi) is 4.42. The van der Waals surface area contributed by atoms with Gasteiger partial charge in [0.2, 0.25) is 9.84 Å². The van der Waals surface area contributed by atoms with Crippen molar-refractivity contribution in [3.05, 3.63) is 77.2 Å². The van der Waals surface area contributed by atoms with Crippen molar-refractivity contribution in [2.75, 3.05) is 0 Å². The number of halogens is 2. The van der Waals surface area contributed by atoms with Crippen LogP contribution < -0.4 is 0 Å². The van der Waals surface area contributed by atoms with Crippen LogP contribution in [0.2, 0.25) is 5.02 Å².